The summed E-state index contributed by atoms with van der Waals surface area (Å²) < 4.78 is 44.2. The lowest BCUT2D eigenvalue weighted by molar-refractivity contribution is -0.137. The van der Waals surface area contributed by atoms with Crippen molar-refractivity contribution >= 4 is 23.2 Å². The molecule has 0 spiro atoms. The number of hydrogen-bond donors (Lipinski definition) is 1. The van der Waals surface area contributed by atoms with Gasteiger partial charge in [-0.25, -0.2) is 0 Å². The zero-order valence-corrected chi connectivity index (χ0v) is 15.3. The van der Waals surface area contributed by atoms with Gasteiger partial charge in [-0.2, -0.15) is 13.2 Å². The molecule has 0 bridgehead atoms. The standard InChI is InChI=1S/C19H19ClF3NO2/c1-18(2,3)13-6-4-5-7-16(13)26-11-17(25)24-12-8-9-15(20)14(10-12)19(21,22)23/h4-10H,11H2,1-3H3,(H,24,25). The van der Waals surface area contributed by atoms with Crippen molar-refractivity contribution in [2.45, 2.75) is 32.4 Å². The molecule has 7 heteroatoms. The molecular weight excluding hydrogens is 367 g/mol. The van der Waals surface area contributed by atoms with Gasteiger partial charge in [0.25, 0.3) is 5.91 Å². The van der Waals surface area contributed by atoms with E-state index >= 15 is 0 Å². The van der Waals surface area contributed by atoms with Crippen LogP contribution in [0.25, 0.3) is 0 Å². The van der Waals surface area contributed by atoms with E-state index < -0.39 is 22.7 Å². The zero-order valence-electron chi connectivity index (χ0n) is 14.6. The van der Waals surface area contributed by atoms with Crippen molar-refractivity contribution in [3.8, 4) is 5.75 Å². The number of rotatable bonds is 4. The zero-order chi connectivity index (χ0) is 19.5. The highest BCUT2D eigenvalue weighted by atomic mass is 35.5. The van der Waals surface area contributed by atoms with E-state index in [-0.39, 0.29) is 17.7 Å². The molecule has 140 valence electrons. The number of amides is 1. The minimum atomic E-state index is -4.60. The summed E-state index contributed by atoms with van der Waals surface area (Å²) in [6.07, 6.45) is -4.60. The minimum Gasteiger partial charge on any atom is -0.483 e. The Bertz CT molecular complexity index is 798. The molecule has 0 aliphatic heterocycles. The van der Waals surface area contributed by atoms with E-state index in [1.807, 2.05) is 32.9 Å². The van der Waals surface area contributed by atoms with E-state index in [4.69, 9.17) is 16.3 Å². The Balaban J connectivity index is 2.07. The van der Waals surface area contributed by atoms with Gasteiger partial charge < -0.3 is 10.1 Å². The number of halogens is 4. The number of alkyl halides is 3. The fourth-order valence-corrected chi connectivity index (χ4v) is 2.60. The first-order chi connectivity index (χ1) is 12.0. The van der Waals surface area contributed by atoms with E-state index in [9.17, 15) is 18.0 Å². The van der Waals surface area contributed by atoms with Crippen molar-refractivity contribution in [2.24, 2.45) is 0 Å². The molecule has 1 amide bonds. The van der Waals surface area contributed by atoms with Gasteiger partial charge in [-0.05, 0) is 35.2 Å². The molecule has 2 rings (SSSR count). The summed E-state index contributed by atoms with van der Waals surface area (Å²) in [4.78, 5) is 12.0. The smallest absolute Gasteiger partial charge is 0.417 e. The van der Waals surface area contributed by atoms with Crippen LogP contribution < -0.4 is 10.1 Å². The molecule has 0 aliphatic carbocycles. The van der Waals surface area contributed by atoms with Gasteiger partial charge in [-0.3, -0.25) is 4.79 Å². The van der Waals surface area contributed by atoms with Crippen molar-refractivity contribution in [3.05, 3.63) is 58.6 Å². The molecule has 2 aromatic rings. The van der Waals surface area contributed by atoms with Gasteiger partial charge in [0.1, 0.15) is 5.75 Å². The summed E-state index contributed by atoms with van der Waals surface area (Å²) in [5.74, 6) is -0.00797. The van der Waals surface area contributed by atoms with E-state index in [2.05, 4.69) is 5.32 Å². The van der Waals surface area contributed by atoms with Crippen LogP contribution in [0.15, 0.2) is 42.5 Å². The van der Waals surface area contributed by atoms with Crippen LogP contribution in [0.3, 0.4) is 0 Å². The average Bonchev–Trinajstić information content (AvgIpc) is 2.53. The molecule has 0 radical (unpaired) electrons. The number of hydrogen-bond acceptors (Lipinski definition) is 2. The molecule has 0 saturated heterocycles. The Kier molecular flexibility index (Phi) is 5.86. The van der Waals surface area contributed by atoms with Crippen molar-refractivity contribution in [1.29, 1.82) is 0 Å². The lowest BCUT2D eigenvalue weighted by Crippen LogP contribution is -2.22. The molecule has 0 aliphatic rings. The molecule has 3 nitrogen and oxygen atoms in total. The molecule has 0 saturated carbocycles. The summed E-state index contributed by atoms with van der Waals surface area (Å²) in [6.45, 7) is 5.72. The largest absolute Gasteiger partial charge is 0.483 e. The van der Waals surface area contributed by atoms with Crippen LogP contribution in [0.4, 0.5) is 18.9 Å². The van der Waals surface area contributed by atoms with Crippen molar-refractivity contribution in [2.75, 3.05) is 11.9 Å². The van der Waals surface area contributed by atoms with Gasteiger partial charge in [0.05, 0.1) is 10.6 Å². The number of anilines is 1. The van der Waals surface area contributed by atoms with Crippen LogP contribution in [0, 0.1) is 0 Å². The summed E-state index contributed by atoms with van der Waals surface area (Å²) in [7, 11) is 0. The first-order valence-electron chi connectivity index (χ1n) is 7.87. The van der Waals surface area contributed by atoms with E-state index in [1.165, 1.54) is 6.07 Å². The van der Waals surface area contributed by atoms with Gasteiger partial charge in [0.15, 0.2) is 6.61 Å². The normalized spacial score (nSPS) is 12.0. The fourth-order valence-electron chi connectivity index (χ4n) is 2.37. The highest BCUT2D eigenvalue weighted by molar-refractivity contribution is 6.31. The third kappa shape index (κ3) is 5.14. The van der Waals surface area contributed by atoms with Crippen molar-refractivity contribution in [3.63, 3.8) is 0 Å². The first-order valence-corrected chi connectivity index (χ1v) is 8.25. The quantitative estimate of drug-likeness (QED) is 0.736. The van der Waals surface area contributed by atoms with Gasteiger partial charge in [0, 0.05) is 5.69 Å². The highest BCUT2D eigenvalue weighted by Crippen LogP contribution is 2.36. The molecule has 1 N–H and O–H groups in total. The predicted octanol–water partition coefficient (Wildman–Crippen LogP) is 5.67. The number of nitrogens with one attached hydrogen (secondary N) is 1. The molecule has 0 aromatic heterocycles. The van der Waals surface area contributed by atoms with Crippen LogP contribution in [0.1, 0.15) is 31.9 Å². The predicted molar refractivity (Wildman–Crippen MR) is 95.7 cm³/mol. The van der Waals surface area contributed by atoms with Gasteiger partial charge in [-0.1, -0.05) is 50.6 Å². The average molecular weight is 386 g/mol. The molecule has 0 fully saturated rings. The fraction of sp³-hybridized carbons (Fsp3) is 0.316. The number of carbonyl (C=O) groups excluding carboxylic acids is 1. The maximum Gasteiger partial charge on any atom is 0.417 e. The highest BCUT2D eigenvalue weighted by Gasteiger charge is 2.33. The van der Waals surface area contributed by atoms with Crippen LogP contribution >= 0.6 is 11.6 Å². The first kappa shape index (κ1) is 20.1. The monoisotopic (exact) mass is 385 g/mol. The van der Waals surface area contributed by atoms with Crippen molar-refractivity contribution < 1.29 is 22.7 Å². The SMILES string of the molecule is CC(C)(C)c1ccccc1OCC(=O)Nc1ccc(Cl)c(C(F)(F)F)c1. The Hall–Kier alpha value is -2.21. The second-order valence-electron chi connectivity index (χ2n) is 6.78. The van der Waals surface area contributed by atoms with Crippen LogP contribution in [-0.4, -0.2) is 12.5 Å². The Labute approximate surface area is 155 Å². The Morgan fingerprint density at radius 2 is 1.73 bits per heavy atom. The van der Waals surface area contributed by atoms with Crippen LogP contribution in [0.2, 0.25) is 5.02 Å². The number of para-hydroxylation sites is 1. The summed E-state index contributed by atoms with van der Waals surface area (Å²) in [5.41, 5.74) is -0.251. The summed E-state index contributed by atoms with van der Waals surface area (Å²) in [5, 5.41) is 1.96. The number of carbonyl (C=O) groups is 1. The van der Waals surface area contributed by atoms with Crippen molar-refractivity contribution in [1.82, 2.24) is 0 Å². The molecule has 2 aromatic carbocycles. The van der Waals surface area contributed by atoms with E-state index in [0.29, 0.717) is 5.75 Å². The molecule has 26 heavy (non-hydrogen) atoms. The lowest BCUT2D eigenvalue weighted by atomic mass is 9.86. The maximum atomic E-state index is 12.9. The number of benzene rings is 2. The Morgan fingerprint density at radius 3 is 2.35 bits per heavy atom. The second-order valence-corrected chi connectivity index (χ2v) is 7.18. The molecular formula is C19H19ClF3NO2. The minimum absolute atomic E-state index is 0.000526. The van der Waals surface area contributed by atoms with Gasteiger partial charge in [0.2, 0.25) is 0 Å². The Morgan fingerprint density at radius 1 is 1.08 bits per heavy atom. The third-order valence-electron chi connectivity index (χ3n) is 3.61. The van der Waals surface area contributed by atoms with E-state index in [0.717, 1.165) is 17.7 Å². The van der Waals surface area contributed by atoms with Gasteiger partial charge >= 0.3 is 6.18 Å². The maximum absolute atomic E-state index is 12.9. The second kappa shape index (κ2) is 7.58. The summed E-state index contributed by atoms with van der Waals surface area (Å²) in [6, 6.07) is 10.5. The topological polar surface area (TPSA) is 38.3 Å². The number of ether oxygens (including phenoxy) is 1. The van der Waals surface area contributed by atoms with Gasteiger partial charge in [-0.15, -0.1) is 0 Å². The molecule has 0 unspecified atom stereocenters. The summed E-state index contributed by atoms with van der Waals surface area (Å²) >= 11 is 5.56. The molecule has 0 heterocycles. The van der Waals surface area contributed by atoms with Crippen LogP contribution in [-0.2, 0) is 16.4 Å². The molecule has 0 atom stereocenters. The van der Waals surface area contributed by atoms with Crippen LogP contribution in [0.5, 0.6) is 5.75 Å². The third-order valence-corrected chi connectivity index (χ3v) is 3.94. The van der Waals surface area contributed by atoms with E-state index in [1.54, 1.807) is 12.1 Å². The lowest BCUT2D eigenvalue weighted by Gasteiger charge is -2.22.